The number of nitrogens with zero attached hydrogens (tertiary/aromatic N) is 2. The van der Waals surface area contributed by atoms with E-state index in [9.17, 15) is 27.2 Å². The fraction of sp³-hybridized carbons (Fsp3) is 0.500. The van der Waals surface area contributed by atoms with Gasteiger partial charge in [-0.25, -0.2) is 9.37 Å². The molecule has 212 valence electrons. The van der Waals surface area contributed by atoms with Gasteiger partial charge in [-0.1, -0.05) is 11.6 Å². The minimum Gasteiger partial charge on any atom is -0.476 e. The predicted octanol–water partition coefficient (Wildman–Crippen LogP) is 4.00. The molecule has 1 aromatic heterocycles. The van der Waals surface area contributed by atoms with Crippen LogP contribution in [0.1, 0.15) is 49.9 Å². The number of aliphatic hydroxyl groups excluding tert-OH is 1. The van der Waals surface area contributed by atoms with Crippen LogP contribution in [0.2, 0.25) is 5.02 Å². The van der Waals surface area contributed by atoms with Gasteiger partial charge in [0.2, 0.25) is 0 Å². The van der Waals surface area contributed by atoms with Crippen molar-refractivity contribution in [2.45, 2.75) is 75.5 Å². The van der Waals surface area contributed by atoms with Crippen LogP contribution in [-0.4, -0.2) is 64.5 Å². The molecule has 13 heteroatoms. The summed E-state index contributed by atoms with van der Waals surface area (Å²) < 4.78 is 56.5. The molecule has 8 nitrogen and oxygen atoms in total. The third-order valence-electron chi connectivity index (χ3n) is 6.98. The number of alkyl halides is 3. The van der Waals surface area contributed by atoms with Gasteiger partial charge in [0.1, 0.15) is 17.4 Å². The fourth-order valence-electron chi connectivity index (χ4n) is 4.99. The fourth-order valence-corrected chi connectivity index (χ4v) is 5.19. The normalized spacial score (nSPS) is 21.8. The highest BCUT2D eigenvalue weighted by Crippen LogP contribution is 2.39. The highest BCUT2D eigenvalue weighted by atomic mass is 35.5. The number of benzene rings is 1. The lowest BCUT2D eigenvalue weighted by Gasteiger charge is -2.40. The zero-order valence-electron chi connectivity index (χ0n) is 21.3. The van der Waals surface area contributed by atoms with Crippen molar-refractivity contribution < 1.29 is 37.0 Å². The number of fused-ring (bicyclic) bond motifs is 2. The molecule has 2 bridgehead atoms. The van der Waals surface area contributed by atoms with Crippen LogP contribution in [0.4, 0.5) is 23.4 Å². The Morgan fingerprint density at radius 3 is 2.41 bits per heavy atom. The molecular weight excluding hydrogens is 544 g/mol. The van der Waals surface area contributed by atoms with Crippen LogP contribution in [0.25, 0.3) is 0 Å². The first-order valence-corrected chi connectivity index (χ1v) is 12.8. The Morgan fingerprint density at radius 2 is 1.85 bits per heavy atom. The smallest absolute Gasteiger partial charge is 0.416 e. The van der Waals surface area contributed by atoms with E-state index in [-0.39, 0.29) is 40.4 Å². The van der Waals surface area contributed by atoms with Gasteiger partial charge in [0.15, 0.2) is 11.7 Å². The Labute approximate surface area is 227 Å². The third kappa shape index (κ3) is 6.73. The predicted molar refractivity (Wildman–Crippen MR) is 135 cm³/mol. The van der Waals surface area contributed by atoms with Crippen LogP contribution in [0.5, 0.6) is 5.75 Å². The lowest BCUT2D eigenvalue weighted by atomic mass is 9.96. The molecule has 3 heterocycles. The summed E-state index contributed by atoms with van der Waals surface area (Å²) in [7, 11) is 0. The van der Waals surface area contributed by atoms with E-state index in [4.69, 9.17) is 21.4 Å². The van der Waals surface area contributed by atoms with Crippen molar-refractivity contribution in [1.29, 1.82) is 0 Å². The quantitative estimate of drug-likeness (QED) is 0.413. The second-order valence-corrected chi connectivity index (χ2v) is 10.7. The first-order valence-electron chi connectivity index (χ1n) is 12.5. The summed E-state index contributed by atoms with van der Waals surface area (Å²) in [6.07, 6.45) is -3.08. The van der Waals surface area contributed by atoms with Crippen LogP contribution >= 0.6 is 11.6 Å². The highest BCUT2D eigenvalue weighted by molar-refractivity contribution is 6.32. The number of ether oxygens (including phenoxy) is 1. The molecule has 2 aromatic rings. The molecule has 4 rings (SSSR count). The van der Waals surface area contributed by atoms with Crippen molar-refractivity contribution in [3.05, 3.63) is 52.9 Å². The average molecular weight is 573 g/mol. The third-order valence-corrected chi connectivity index (χ3v) is 7.28. The number of pyridine rings is 1. The number of amides is 2. The molecule has 0 spiro atoms. The lowest BCUT2D eigenvalue weighted by molar-refractivity contribution is -0.201. The molecule has 0 saturated carbocycles. The zero-order valence-corrected chi connectivity index (χ0v) is 22.0. The summed E-state index contributed by atoms with van der Waals surface area (Å²) >= 11 is 6.04. The van der Waals surface area contributed by atoms with Gasteiger partial charge >= 0.3 is 6.18 Å². The van der Waals surface area contributed by atoms with Crippen molar-refractivity contribution in [2.75, 3.05) is 11.4 Å². The topological polar surface area (TPSA) is 104 Å². The van der Waals surface area contributed by atoms with Crippen LogP contribution in [-0.2, 0) is 4.79 Å². The average Bonchev–Trinajstić information content (AvgIpc) is 3.13. The summed E-state index contributed by atoms with van der Waals surface area (Å²) in [6, 6.07) is 6.89. The Hall–Kier alpha value is -3.12. The second kappa shape index (κ2) is 11.2. The number of piperidine rings is 1. The van der Waals surface area contributed by atoms with E-state index in [1.54, 1.807) is 19.9 Å². The summed E-state index contributed by atoms with van der Waals surface area (Å²) in [5, 5.41) is 14.2. The van der Waals surface area contributed by atoms with Gasteiger partial charge < -0.3 is 25.4 Å². The summed E-state index contributed by atoms with van der Waals surface area (Å²) in [5.74, 6) is -0.773. The van der Waals surface area contributed by atoms with E-state index < -0.39 is 36.2 Å². The molecular formula is C26H29ClF4N4O4. The van der Waals surface area contributed by atoms with Crippen molar-refractivity contribution in [3.63, 3.8) is 0 Å². The Kier molecular flexibility index (Phi) is 8.27. The number of carbonyl (C=O) groups excluding carboxylic acids is 2. The van der Waals surface area contributed by atoms with E-state index in [1.807, 2.05) is 0 Å². The molecule has 2 aliphatic heterocycles. The first kappa shape index (κ1) is 28.9. The maximum absolute atomic E-state index is 13.3. The standard InChI is InChI=1S/C26H29ClF4N4O4/c1-25(2,39-20-7-4-15(28)9-19(20)27)24(38)34-16-10-17-5-6-18(11-16)35(17)22-8-3-14(12-32-22)23(37)33-13-21(36)26(29,30)31/h3-4,7-9,12,16-18,21,36H,5-6,10-11,13H2,1-2H3,(H,33,37)(H,34,38)/t16?,17-,18+,21?. The van der Waals surface area contributed by atoms with E-state index in [2.05, 4.69) is 20.5 Å². The molecule has 2 saturated heterocycles. The van der Waals surface area contributed by atoms with Crippen LogP contribution in [0, 0.1) is 5.82 Å². The molecule has 39 heavy (non-hydrogen) atoms. The van der Waals surface area contributed by atoms with Crippen molar-refractivity contribution in [3.8, 4) is 5.75 Å². The summed E-state index contributed by atoms with van der Waals surface area (Å²) in [5.41, 5.74) is -1.18. The first-order chi connectivity index (χ1) is 18.2. The van der Waals surface area contributed by atoms with E-state index >= 15 is 0 Å². The van der Waals surface area contributed by atoms with Gasteiger partial charge in [0, 0.05) is 24.3 Å². The molecule has 3 N–H and O–H groups in total. The van der Waals surface area contributed by atoms with Gasteiger partial charge in [0.05, 0.1) is 17.1 Å². The Balaban J connectivity index is 1.34. The number of hydrogen-bond acceptors (Lipinski definition) is 6. The van der Waals surface area contributed by atoms with Crippen LogP contribution in [0.3, 0.4) is 0 Å². The maximum Gasteiger partial charge on any atom is 0.416 e. The van der Waals surface area contributed by atoms with Crippen LogP contribution in [0.15, 0.2) is 36.5 Å². The van der Waals surface area contributed by atoms with Crippen molar-refractivity contribution in [2.24, 2.45) is 0 Å². The van der Waals surface area contributed by atoms with E-state index in [0.29, 0.717) is 18.7 Å². The molecule has 2 fully saturated rings. The Bertz CT molecular complexity index is 1200. The minimum absolute atomic E-state index is 0.0668. The molecule has 2 aliphatic rings. The SMILES string of the molecule is CC(C)(Oc1ccc(F)cc1Cl)C(=O)NC1C[C@H]2CC[C@@H](C1)N2c1ccc(C(=O)NCC(O)C(F)(F)F)cn1. The number of hydrogen-bond donors (Lipinski definition) is 3. The minimum atomic E-state index is -4.82. The van der Waals surface area contributed by atoms with E-state index in [1.165, 1.54) is 24.4 Å². The number of anilines is 1. The second-order valence-electron chi connectivity index (χ2n) is 10.3. The number of aromatic nitrogens is 1. The monoisotopic (exact) mass is 572 g/mol. The zero-order chi connectivity index (χ0) is 28.5. The molecule has 0 aliphatic carbocycles. The summed E-state index contributed by atoms with van der Waals surface area (Å²) in [4.78, 5) is 31.7. The highest BCUT2D eigenvalue weighted by Gasteiger charge is 2.43. The van der Waals surface area contributed by atoms with Gasteiger partial charge in [-0.05, 0) is 69.9 Å². The maximum atomic E-state index is 13.3. The summed E-state index contributed by atoms with van der Waals surface area (Å²) in [6.45, 7) is 2.26. The molecule has 2 amide bonds. The Morgan fingerprint density at radius 1 is 1.18 bits per heavy atom. The number of nitrogens with one attached hydrogen (secondary N) is 2. The number of rotatable bonds is 8. The molecule has 4 atom stereocenters. The van der Waals surface area contributed by atoms with Gasteiger partial charge in [-0.15, -0.1) is 0 Å². The molecule has 1 aromatic carbocycles. The van der Waals surface area contributed by atoms with Gasteiger partial charge in [-0.3, -0.25) is 9.59 Å². The number of aliphatic hydroxyl groups is 1. The molecule has 2 unspecified atom stereocenters. The van der Waals surface area contributed by atoms with Crippen molar-refractivity contribution >= 4 is 29.2 Å². The molecule has 0 radical (unpaired) electrons. The van der Waals surface area contributed by atoms with Gasteiger partial charge in [0.25, 0.3) is 11.8 Å². The largest absolute Gasteiger partial charge is 0.476 e. The van der Waals surface area contributed by atoms with E-state index in [0.717, 1.165) is 18.9 Å². The van der Waals surface area contributed by atoms with Crippen molar-refractivity contribution in [1.82, 2.24) is 15.6 Å². The lowest BCUT2D eigenvalue weighted by Crippen LogP contribution is -2.55. The van der Waals surface area contributed by atoms with Gasteiger partial charge in [-0.2, -0.15) is 13.2 Å². The van der Waals surface area contributed by atoms with Crippen LogP contribution < -0.4 is 20.3 Å². The number of carbonyl (C=O) groups is 2. The number of halogens is 5.